The van der Waals surface area contributed by atoms with Crippen molar-refractivity contribution in [2.24, 2.45) is 5.73 Å². The number of amides is 2. The van der Waals surface area contributed by atoms with Crippen LogP contribution >= 0.6 is 0 Å². The van der Waals surface area contributed by atoms with Crippen molar-refractivity contribution in [2.45, 2.75) is 12.1 Å². The van der Waals surface area contributed by atoms with Gasteiger partial charge in [0.25, 0.3) is 0 Å². The maximum atomic E-state index is 13.2. The predicted molar refractivity (Wildman–Crippen MR) is 96.2 cm³/mol. The van der Waals surface area contributed by atoms with Crippen LogP contribution in [0.1, 0.15) is 33.1 Å². The minimum Gasteiger partial charge on any atom is -0.366 e. The Morgan fingerprint density at radius 3 is 2.50 bits per heavy atom. The standard InChI is InChI=1S/C20H14F3N3O2/c21-20(22,23)12-3-1-4-13(10-12)26-16-7-6-11(18(24)27)9-14(16)17(19(26)28)15-5-2-8-25-15/h1-10,17,25H,(H2,24,27). The number of nitrogens with zero attached hydrogens (tertiary/aromatic N) is 1. The highest BCUT2D eigenvalue weighted by Gasteiger charge is 2.41. The Balaban J connectivity index is 1.89. The van der Waals surface area contributed by atoms with E-state index in [0.717, 1.165) is 12.1 Å². The van der Waals surface area contributed by atoms with Gasteiger partial charge in [0.05, 0.1) is 11.3 Å². The number of anilines is 2. The minimum absolute atomic E-state index is 0.0990. The molecule has 3 N–H and O–H groups in total. The van der Waals surface area contributed by atoms with E-state index in [1.165, 1.54) is 35.2 Å². The molecule has 5 nitrogen and oxygen atoms in total. The van der Waals surface area contributed by atoms with E-state index in [-0.39, 0.29) is 11.3 Å². The summed E-state index contributed by atoms with van der Waals surface area (Å²) in [7, 11) is 0. The number of halogens is 3. The molecule has 0 aliphatic carbocycles. The van der Waals surface area contributed by atoms with Crippen LogP contribution in [0.3, 0.4) is 0 Å². The first kappa shape index (κ1) is 17.8. The van der Waals surface area contributed by atoms with Crippen LogP contribution in [0.25, 0.3) is 0 Å². The van der Waals surface area contributed by atoms with Crippen LogP contribution in [0, 0.1) is 0 Å². The largest absolute Gasteiger partial charge is 0.416 e. The molecular weight excluding hydrogens is 371 g/mol. The van der Waals surface area contributed by atoms with Crippen LogP contribution in [0.15, 0.2) is 60.8 Å². The van der Waals surface area contributed by atoms with Gasteiger partial charge in [-0.15, -0.1) is 0 Å². The molecule has 28 heavy (non-hydrogen) atoms. The molecule has 3 aromatic rings. The summed E-state index contributed by atoms with van der Waals surface area (Å²) in [4.78, 5) is 29.0. The fraction of sp³-hybridized carbons (Fsp3) is 0.100. The van der Waals surface area contributed by atoms with E-state index in [0.29, 0.717) is 16.9 Å². The Morgan fingerprint density at radius 1 is 1.07 bits per heavy atom. The van der Waals surface area contributed by atoms with Gasteiger partial charge in [-0.1, -0.05) is 6.07 Å². The summed E-state index contributed by atoms with van der Waals surface area (Å²) in [5.41, 5.74) is 6.30. The number of carbonyl (C=O) groups excluding carboxylic acids is 2. The molecule has 2 amide bonds. The van der Waals surface area contributed by atoms with Crippen molar-refractivity contribution >= 4 is 23.2 Å². The zero-order chi connectivity index (χ0) is 20.1. The van der Waals surface area contributed by atoms with E-state index in [2.05, 4.69) is 4.98 Å². The minimum atomic E-state index is -4.53. The number of nitrogens with one attached hydrogen (secondary N) is 1. The highest BCUT2D eigenvalue weighted by atomic mass is 19.4. The normalized spacial score (nSPS) is 16.3. The van der Waals surface area contributed by atoms with Crippen LogP contribution in [0.2, 0.25) is 0 Å². The predicted octanol–water partition coefficient (Wildman–Crippen LogP) is 3.94. The first-order valence-electron chi connectivity index (χ1n) is 8.35. The SMILES string of the molecule is NC(=O)c1ccc2c(c1)C(c1ccc[nH]1)C(=O)N2c1cccc(C(F)(F)F)c1. The molecule has 142 valence electrons. The van der Waals surface area contributed by atoms with Gasteiger partial charge >= 0.3 is 6.18 Å². The first-order valence-corrected chi connectivity index (χ1v) is 8.35. The number of benzene rings is 2. The summed E-state index contributed by atoms with van der Waals surface area (Å²) < 4.78 is 39.4. The second-order valence-electron chi connectivity index (χ2n) is 6.42. The van der Waals surface area contributed by atoms with Gasteiger partial charge in [0.1, 0.15) is 5.92 Å². The smallest absolute Gasteiger partial charge is 0.366 e. The second-order valence-corrected chi connectivity index (χ2v) is 6.42. The monoisotopic (exact) mass is 385 g/mol. The molecule has 1 unspecified atom stereocenters. The number of carbonyl (C=O) groups is 2. The number of hydrogen-bond donors (Lipinski definition) is 2. The third-order valence-corrected chi connectivity index (χ3v) is 4.70. The lowest BCUT2D eigenvalue weighted by atomic mass is 9.95. The second kappa shape index (κ2) is 6.26. The Hall–Kier alpha value is -3.55. The van der Waals surface area contributed by atoms with Crippen LogP contribution in [-0.4, -0.2) is 16.8 Å². The Labute approximate surface area is 157 Å². The van der Waals surface area contributed by atoms with Crippen LogP contribution in [-0.2, 0) is 11.0 Å². The number of H-pyrrole nitrogens is 1. The van der Waals surface area contributed by atoms with Crippen molar-refractivity contribution in [1.82, 2.24) is 4.98 Å². The zero-order valence-electron chi connectivity index (χ0n) is 14.3. The molecule has 0 radical (unpaired) electrons. The fourth-order valence-corrected chi connectivity index (χ4v) is 3.44. The lowest BCUT2D eigenvalue weighted by molar-refractivity contribution is -0.137. The van der Waals surface area contributed by atoms with E-state index in [1.807, 2.05) is 0 Å². The average Bonchev–Trinajstić information content (AvgIpc) is 3.25. The van der Waals surface area contributed by atoms with E-state index in [1.54, 1.807) is 18.3 Å². The van der Waals surface area contributed by atoms with E-state index in [4.69, 9.17) is 5.73 Å². The van der Waals surface area contributed by atoms with Crippen molar-refractivity contribution in [1.29, 1.82) is 0 Å². The fourth-order valence-electron chi connectivity index (χ4n) is 3.44. The molecule has 1 atom stereocenters. The molecule has 2 aromatic carbocycles. The van der Waals surface area contributed by atoms with Gasteiger partial charge in [0.15, 0.2) is 0 Å². The van der Waals surface area contributed by atoms with Gasteiger partial charge in [0.2, 0.25) is 11.8 Å². The van der Waals surface area contributed by atoms with Crippen molar-refractivity contribution < 1.29 is 22.8 Å². The topological polar surface area (TPSA) is 79.2 Å². The Bertz CT molecular complexity index is 1070. The van der Waals surface area contributed by atoms with Crippen molar-refractivity contribution in [3.63, 3.8) is 0 Å². The molecule has 0 saturated heterocycles. The highest BCUT2D eigenvalue weighted by molar-refractivity contribution is 6.12. The number of alkyl halides is 3. The highest BCUT2D eigenvalue weighted by Crippen LogP contribution is 2.45. The van der Waals surface area contributed by atoms with Crippen molar-refractivity contribution in [2.75, 3.05) is 4.90 Å². The average molecular weight is 385 g/mol. The number of hydrogen-bond acceptors (Lipinski definition) is 2. The number of aromatic nitrogens is 1. The molecule has 0 spiro atoms. The number of rotatable bonds is 3. The first-order chi connectivity index (χ1) is 13.3. The van der Waals surface area contributed by atoms with Gasteiger partial charge in [-0.2, -0.15) is 13.2 Å². The van der Waals surface area contributed by atoms with E-state index >= 15 is 0 Å². The molecule has 1 aromatic heterocycles. The van der Waals surface area contributed by atoms with Gasteiger partial charge < -0.3 is 10.7 Å². The van der Waals surface area contributed by atoms with Crippen LogP contribution in [0.5, 0.6) is 0 Å². The number of fused-ring (bicyclic) bond motifs is 1. The van der Waals surface area contributed by atoms with Gasteiger partial charge in [-0.3, -0.25) is 14.5 Å². The molecule has 2 heterocycles. The lowest BCUT2D eigenvalue weighted by Gasteiger charge is -2.19. The lowest BCUT2D eigenvalue weighted by Crippen LogP contribution is -2.24. The van der Waals surface area contributed by atoms with Crippen LogP contribution in [0.4, 0.5) is 24.5 Å². The molecular formula is C20H14F3N3O2. The Kier molecular flexibility index (Phi) is 3.99. The molecule has 1 aliphatic heterocycles. The number of primary amides is 1. The van der Waals surface area contributed by atoms with Crippen molar-refractivity contribution in [3.8, 4) is 0 Å². The summed E-state index contributed by atoms with van der Waals surface area (Å²) in [6, 6.07) is 12.5. The molecule has 4 rings (SSSR count). The molecule has 0 fully saturated rings. The maximum Gasteiger partial charge on any atom is 0.416 e. The van der Waals surface area contributed by atoms with Crippen LogP contribution < -0.4 is 10.6 Å². The third kappa shape index (κ3) is 2.83. The molecule has 0 bridgehead atoms. The van der Waals surface area contributed by atoms with Gasteiger partial charge in [-0.05, 0) is 54.1 Å². The summed E-state index contributed by atoms with van der Waals surface area (Å²) in [6.45, 7) is 0. The van der Waals surface area contributed by atoms with E-state index < -0.39 is 29.5 Å². The summed E-state index contributed by atoms with van der Waals surface area (Å²) >= 11 is 0. The number of aromatic amines is 1. The van der Waals surface area contributed by atoms with E-state index in [9.17, 15) is 22.8 Å². The Morgan fingerprint density at radius 2 is 1.86 bits per heavy atom. The van der Waals surface area contributed by atoms with Gasteiger partial charge in [-0.25, -0.2) is 0 Å². The maximum absolute atomic E-state index is 13.2. The zero-order valence-corrected chi connectivity index (χ0v) is 14.3. The van der Waals surface area contributed by atoms with Gasteiger partial charge in [0, 0.05) is 23.1 Å². The van der Waals surface area contributed by atoms with Crippen molar-refractivity contribution in [3.05, 3.63) is 83.2 Å². The molecule has 0 saturated carbocycles. The quantitative estimate of drug-likeness (QED) is 0.716. The summed E-state index contributed by atoms with van der Waals surface area (Å²) in [5.74, 6) is -1.85. The molecule has 8 heteroatoms. The molecule has 1 aliphatic rings. The number of nitrogens with two attached hydrogens (primary N) is 1. The summed E-state index contributed by atoms with van der Waals surface area (Å²) in [5, 5.41) is 0. The summed E-state index contributed by atoms with van der Waals surface area (Å²) in [6.07, 6.45) is -2.89. The third-order valence-electron chi connectivity index (χ3n) is 4.70.